The molecule has 2 N–H and O–H groups in total. The van der Waals surface area contributed by atoms with E-state index in [2.05, 4.69) is 15.6 Å². The van der Waals surface area contributed by atoms with Crippen LogP contribution in [0, 0.1) is 29.0 Å². The number of benzene rings is 2. The van der Waals surface area contributed by atoms with Crippen molar-refractivity contribution in [1.82, 2.24) is 9.80 Å². The Balaban J connectivity index is 1.76. The molecule has 1 atom stereocenters. The van der Waals surface area contributed by atoms with Gasteiger partial charge in [0.25, 0.3) is 0 Å². The number of anilines is 2. The summed E-state index contributed by atoms with van der Waals surface area (Å²) >= 11 is 5.89. The zero-order valence-electron chi connectivity index (χ0n) is 17.6. The first-order valence-electron chi connectivity index (χ1n) is 10.1. The van der Waals surface area contributed by atoms with Gasteiger partial charge in [0.1, 0.15) is 11.6 Å². The average Bonchev–Trinajstić information content (AvgIpc) is 2.77. The second-order valence-electron chi connectivity index (χ2n) is 7.67. The Bertz CT molecular complexity index is 1040. The topological polar surface area (TPSA) is 83.8 Å². The minimum Gasteiger partial charge on any atom is -0.335 e. The fourth-order valence-electron chi connectivity index (χ4n) is 3.49. The van der Waals surface area contributed by atoms with Gasteiger partial charge in [0.05, 0.1) is 11.7 Å². The lowest BCUT2D eigenvalue weighted by Crippen LogP contribution is -2.60. The number of hydrogen-bond donors (Lipinski definition) is 2. The van der Waals surface area contributed by atoms with E-state index in [9.17, 15) is 13.6 Å². The first kappa shape index (κ1) is 23.3. The Morgan fingerprint density at radius 2 is 1.91 bits per heavy atom. The molecule has 10 heteroatoms. The van der Waals surface area contributed by atoms with Crippen molar-refractivity contribution in [2.45, 2.75) is 19.9 Å². The number of halogens is 3. The Morgan fingerprint density at radius 3 is 2.56 bits per heavy atom. The Hall–Kier alpha value is -3.38. The Labute approximate surface area is 190 Å². The van der Waals surface area contributed by atoms with Crippen molar-refractivity contribution >= 4 is 35.0 Å². The average molecular weight is 461 g/mol. The first-order chi connectivity index (χ1) is 15.3. The number of nitrogens with zero attached hydrogens (tertiary/aromatic N) is 4. The van der Waals surface area contributed by atoms with Gasteiger partial charge in [0, 0.05) is 36.4 Å². The third-order valence-electron chi connectivity index (χ3n) is 5.17. The maximum Gasteiger partial charge on any atom is 0.321 e. The lowest BCUT2D eigenvalue weighted by Gasteiger charge is -2.44. The van der Waals surface area contributed by atoms with Crippen LogP contribution in [0.15, 0.2) is 47.5 Å². The third kappa shape index (κ3) is 5.65. The second kappa shape index (κ2) is 10.3. The molecular formula is C22H23ClF2N6O. The zero-order valence-corrected chi connectivity index (χ0v) is 18.4. The van der Waals surface area contributed by atoms with Gasteiger partial charge in [-0.1, -0.05) is 25.4 Å². The van der Waals surface area contributed by atoms with E-state index in [0.29, 0.717) is 30.3 Å². The van der Waals surface area contributed by atoms with Gasteiger partial charge in [-0.25, -0.2) is 13.6 Å². The van der Waals surface area contributed by atoms with Crippen molar-refractivity contribution in [2.24, 2.45) is 10.9 Å². The highest BCUT2D eigenvalue weighted by molar-refractivity contribution is 6.30. The predicted molar refractivity (Wildman–Crippen MR) is 120 cm³/mol. The van der Waals surface area contributed by atoms with Gasteiger partial charge < -0.3 is 20.4 Å². The molecule has 0 aliphatic carbocycles. The summed E-state index contributed by atoms with van der Waals surface area (Å²) in [4.78, 5) is 20.1. The van der Waals surface area contributed by atoms with Crippen LogP contribution in [0.5, 0.6) is 0 Å². The molecule has 2 amide bonds. The van der Waals surface area contributed by atoms with Crippen LogP contribution in [0.4, 0.5) is 25.0 Å². The van der Waals surface area contributed by atoms with E-state index in [1.807, 2.05) is 18.7 Å². The smallest absolute Gasteiger partial charge is 0.321 e. The van der Waals surface area contributed by atoms with Crippen molar-refractivity contribution in [3.05, 3.63) is 59.1 Å². The van der Waals surface area contributed by atoms with Crippen molar-refractivity contribution in [2.75, 3.05) is 30.3 Å². The highest BCUT2D eigenvalue weighted by Crippen LogP contribution is 2.22. The third-order valence-corrected chi connectivity index (χ3v) is 5.43. The number of urea groups is 1. The van der Waals surface area contributed by atoms with Crippen molar-refractivity contribution in [3.63, 3.8) is 0 Å². The van der Waals surface area contributed by atoms with Crippen molar-refractivity contribution < 1.29 is 13.6 Å². The summed E-state index contributed by atoms with van der Waals surface area (Å²) in [7, 11) is 0. The fraction of sp³-hybridized carbons (Fsp3) is 0.318. The van der Waals surface area contributed by atoms with E-state index in [0.717, 1.165) is 18.2 Å². The van der Waals surface area contributed by atoms with Gasteiger partial charge in [-0.2, -0.15) is 5.26 Å². The number of aliphatic imine (C=N–C) groups is 1. The van der Waals surface area contributed by atoms with Crippen LogP contribution in [-0.2, 0) is 0 Å². The van der Waals surface area contributed by atoms with E-state index >= 15 is 0 Å². The van der Waals surface area contributed by atoms with E-state index < -0.39 is 11.6 Å². The molecule has 1 unspecified atom stereocenters. The molecule has 0 bridgehead atoms. The van der Waals surface area contributed by atoms with E-state index in [-0.39, 0.29) is 29.6 Å². The molecule has 1 heterocycles. The molecule has 168 valence electrons. The highest BCUT2D eigenvalue weighted by atomic mass is 35.5. The number of piperazine rings is 1. The molecule has 7 nitrogen and oxygen atoms in total. The summed E-state index contributed by atoms with van der Waals surface area (Å²) in [5, 5.41) is 15.3. The van der Waals surface area contributed by atoms with Gasteiger partial charge >= 0.3 is 6.03 Å². The molecule has 32 heavy (non-hydrogen) atoms. The second-order valence-corrected chi connectivity index (χ2v) is 8.11. The molecule has 1 saturated heterocycles. The largest absolute Gasteiger partial charge is 0.335 e. The fourth-order valence-corrected chi connectivity index (χ4v) is 3.61. The Morgan fingerprint density at radius 1 is 1.19 bits per heavy atom. The number of rotatable bonds is 3. The summed E-state index contributed by atoms with van der Waals surface area (Å²) in [6.07, 6.45) is 1.71. The lowest BCUT2D eigenvalue weighted by atomic mass is 10.00. The molecule has 2 aromatic carbocycles. The monoisotopic (exact) mass is 460 g/mol. The number of nitriles is 1. The van der Waals surface area contributed by atoms with Crippen molar-refractivity contribution in [1.29, 1.82) is 5.26 Å². The maximum atomic E-state index is 14.1. The van der Waals surface area contributed by atoms with Crippen LogP contribution < -0.4 is 10.6 Å². The lowest BCUT2D eigenvalue weighted by molar-refractivity contribution is 0.120. The van der Waals surface area contributed by atoms with Gasteiger partial charge in [-0.15, -0.1) is 4.99 Å². The number of carbonyl (C=O) groups excluding carboxylic acids is 1. The molecule has 1 aliphatic rings. The minimum atomic E-state index is -0.667. The summed E-state index contributed by atoms with van der Waals surface area (Å²) in [5.41, 5.74) is 0.502. The van der Waals surface area contributed by atoms with E-state index in [1.54, 1.807) is 35.4 Å². The molecule has 0 saturated carbocycles. The van der Waals surface area contributed by atoms with E-state index in [1.165, 1.54) is 0 Å². The Kier molecular flexibility index (Phi) is 7.49. The van der Waals surface area contributed by atoms with Gasteiger partial charge in [0.15, 0.2) is 0 Å². The number of carbonyl (C=O) groups is 1. The number of amides is 2. The number of nitrogens with one attached hydrogen (secondary N) is 2. The minimum absolute atomic E-state index is 0.0733. The zero-order chi connectivity index (χ0) is 23.3. The predicted octanol–water partition coefficient (Wildman–Crippen LogP) is 4.74. The number of hydrogen-bond acceptors (Lipinski definition) is 3. The quantitative estimate of drug-likeness (QED) is 0.393. The van der Waals surface area contributed by atoms with E-state index in [4.69, 9.17) is 16.9 Å². The molecule has 1 fully saturated rings. The summed E-state index contributed by atoms with van der Waals surface area (Å²) in [5.74, 6) is -1.11. The normalized spacial score (nSPS) is 16.7. The van der Waals surface area contributed by atoms with Crippen LogP contribution in [0.25, 0.3) is 0 Å². The molecule has 0 aromatic heterocycles. The maximum absolute atomic E-state index is 14.1. The standard InChI is InChI=1S/C22H23ClF2N6O/c1-14(2)20-12-30(22(32)28-17-6-3-15(23)4-7-17)9-10-31(20)21(27-13-26)29-19-11-16(24)5-8-18(19)25/h3-8,11,14,20H,9-10,12H2,1-2H3,(H,27,29)(H,28,32). The molecule has 0 radical (unpaired) electrons. The summed E-state index contributed by atoms with van der Waals surface area (Å²) in [6.45, 7) is 5.01. The van der Waals surface area contributed by atoms with Gasteiger partial charge in [0.2, 0.25) is 12.2 Å². The first-order valence-corrected chi connectivity index (χ1v) is 10.4. The van der Waals surface area contributed by atoms with Crippen LogP contribution in [0.1, 0.15) is 13.8 Å². The van der Waals surface area contributed by atoms with Crippen LogP contribution >= 0.6 is 11.6 Å². The van der Waals surface area contributed by atoms with Gasteiger partial charge in [-0.05, 0) is 42.3 Å². The van der Waals surface area contributed by atoms with Crippen molar-refractivity contribution in [3.8, 4) is 6.19 Å². The molecule has 1 aliphatic heterocycles. The number of guanidine groups is 1. The highest BCUT2D eigenvalue weighted by Gasteiger charge is 2.34. The molecule has 0 spiro atoms. The van der Waals surface area contributed by atoms with Crippen LogP contribution in [0.2, 0.25) is 5.02 Å². The SMILES string of the molecule is CC(C)C1CN(C(=O)Nc2ccc(Cl)cc2)CCN1/C(=N\C#N)Nc1cc(F)ccc1F. The van der Waals surface area contributed by atoms with Gasteiger partial charge in [-0.3, -0.25) is 0 Å². The van der Waals surface area contributed by atoms with Crippen LogP contribution in [-0.4, -0.2) is 47.5 Å². The molecular weight excluding hydrogens is 438 g/mol. The molecule has 3 rings (SSSR count). The summed E-state index contributed by atoms with van der Waals surface area (Å²) < 4.78 is 27.7. The van der Waals surface area contributed by atoms with Crippen LogP contribution in [0.3, 0.4) is 0 Å². The summed E-state index contributed by atoms with van der Waals surface area (Å²) in [6, 6.07) is 9.34. The molecule has 2 aromatic rings.